The molecule has 2 heterocycles. The molecule has 4 aromatic rings. The number of fused-ring (bicyclic) bond motifs is 3. The van der Waals surface area contributed by atoms with E-state index in [4.69, 9.17) is 4.42 Å². The lowest BCUT2D eigenvalue weighted by Gasteiger charge is -2.24. The molecule has 0 spiro atoms. The summed E-state index contributed by atoms with van der Waals surface area (Å²) < 4.78 is 7.55. The molecule has 0 saturated heterocycles. The number of hydrogen-bond donors (Lipinski definition) is 1. The first-order chi connectivity index (χ1) is 17.0. The molecule has 6 nitrogen and oxygen atoms in total. The molecule has 0 bridgehead atoms. The number of carbonyl (C=O) groups is 2. The van der Waals surface area contributed by atoms with Gasteiger partial charge in [-0.2, -0.15) is 0 Å². The highest BCUT2D eigenvalue weighted by Crippen LogP contribution is 2.34. The summed E-state index contributed by atoms with van der Waals surface area (Å²) in [6.45, 7) is 3.32. The minimum atomic E-state index is -0.0658. The normalized spacial score (nSPS) is 15.1. The van der Waals surface area contributed by atoms with Crippen molar-refractivity contribution in [2.24, 2.45) is 5.92 Å². The summed E-state index contributed by atoms with van der Waals surface area (Å²) in [7, 11) is 1.80. The van der Waals surface area contributed by atoms with Gasteiger partial charge in [0, 0.05) is 36.1 Å². The summed E-state index contributed by atoms with van der Waals surface area (Å²) in [6.07, 6.45) is 3.87. The number of carbonyl (C=O) groups excluding carboxylic acids is 2. The molecule has 0 aliphatic heterocycles. The van der Waals surface area contributed by atoms with Crippen LogP contribution in [0.4, 0.5) is 0 Å². The zero-order valence-electron chi connectivity index (χ0n) is 20.3. The summed E-state index contributed by atoms with van der Waals surface area (Å²) in [5.74, 6) is 0.829. The standard InChI is InChI=1S/C29H31N3O3/c1-20-7-5-8-21(15-20)17-30-29(34)22-12-13-27-25(16-22)24-10-3-4-11-26(24)32(27)19-28(33)31(2)18-23-9-6-14-35-23/h3-11,14-15,22H,12-13,16-19H2,1-2H3,(H,30,34). The number of aryl methyl sites for hydroxylation is 1. The third kappa shape index (κ3) is 4.87. The lowest BCUT2D eigenvalue weighted by atomic mass is 9.85. The molecular weight excluding hydrogens is 438 g/mol. The van der Waals surface area contributed by atoms with Crippen LogP contribution in [-0.2, 0) is 42.1 Å². The number of aromatic nitrogens is 1. The number of hydrogen-bond acceptors (Lipinski definition) is 3. The molecule has 2 amide bonds. The lowest BCUT2D eigenvalue weighted by Crippen LogP contribution is -2.34. The Morgan fingerprint density at radius 1 is 1.11 bits per heavy atom. The average molecular weight is 470 g/mol. The van der Waals surface area contributed by atoms with Crippen molar-refractivity contribution in [1.82, 2.24) is 14.8 Å². The van der Waals surface area contributed by atoms with Crippen LogP contribution in [0.1, 0.15) is 34.6 Å². The van der Waals surface area contributed by atoms with E-state index in [1.54, 1.807) is 18.2 Å². The molecule has 5 rings (SSSR count). The van der Waals surface area contributed by atoms with Gasteiger partial charge < -0.3 is 19.2 Å². The smallest absolute Gasteiger partial charge is 0.242 e. The van der Waals surface area contributed by atoms with Gasteiger partial charge in [0.15, 0.2) is 0 Å². The summed E-state index contributed by atoms with van der Waals surface area (Å²) >= 11 is 0. The van der Waals surface area contributed by atoms with Crippen molar-refractivity contribution in [2.45, 2.75) is 45.8 Å². The van der Waals surface area contributed by atoms with E-state index in [9.17, 15) is 9.59 Å². The van der Waals surface area contributed by atoms with Crippen LogP contribution in [0.2, 0.25) is 0 Å². The molecule has 0 fully saturated rings. The van der Waals surface area contributed by atoms with Crippen molar-refractivity contribution in [3.05, 3.63) is 95.1 Å². The monoisotopic (exact) mass is 469 g/mol. The Labute approximate surface area is 205 Å². The first-order valence-corrected chi connectivity index (χ1v) is 12.2. The van der Waals surface area contributed by atoms with E-state index in [2.05, 4.69) is 41.1 Å². The van der Waals surface area contributed by atoms with Gasteiger partial charge >= 0.3 is 0 Å². The Morgan fingerprint density at radius 2 is 1.97 bits per heavy atom. The quantitative estimate of drug-likeness (QED) is 0.429. The highest BCUT2D eigenvalue weighted by atomic mass is 16.3. The van der Waals surface area contributed by atoms with E-state index in [1.807, 2.05) is 36.4 Å². The third-order valence-corrected chi connectivity index (χ3v) is 6.99. The van der Waals surface area contributed by atoms with Gasteiger partial charge in [-0.15, -0.1) is 0 Å². The van der Waals surface area contributed by atoms with Gasteiger partial charge in [-0.1, -0.05) is 48.0 Å². The Hall–Kier alpha value is -3.80. The number of rotatable bonds is 7. The van der Waals surface area contributed by atoms with E-state index in [1.165, 1.54) is 16.8 Å². The van der Waals surface area contributed by atoms with Gasteiger partial charge in [-0.25, -0.2) is 0 Å². The van der Waals surface area contributed by atoms with Crippen molar-refractivity contribution >= 4 is 22.7 Å². The van der Waals surface area contributed by atoms with Crippen LogP contribution >= 0.6 is 0 Å². The van der Waals surface area contributed by atoms with Gasteiger partial charge in [-0.05, 0) is 55.5 Å². The van der Waals surface area contributed by atoms with Crippen LogP contribution in [-0.4, -0.2) is 28.3 Å². The molecule has 1 unspecified atom stereocenters. The van der Waals surface area contributed by atoms with Gasteiger partial charge in [-0.3, -0.25) is 9.59 Å². The SMILES string of the molecule is Cc1cccc(CNC(=O)C2CCc3c(c4ccccc4n3CC(=O)N(C)Cc3ccco3)C2)c1. The Bertz CT molecular complexity index is 1350. The zero-order chi connectivity index (χ0) is 24.4. The second-order valence-corrected chi connectivity index (χ2v) is 9.50. The predicted molar refractivity (Wildman–Crippen MR) is 136 cm³/mol. The topological polar surface area (TPSA) is 67.5 Å². The third-order valence-electron chi connectivity index (χ3n) is 6.99. The molecule has 1 atom stereocenters. The Kier molecular flexibility index (Phi) is 6.45. The summed E-state index contributed by atoms with van der Waals surface area (Å²) in [4.78, 5) is 27.8. The first kappa shape index (κ1) is 23.0. The predicted octanol–water partition coefficient (Wildman–Crippen LogP) is 4.62. The summed E-state index contributed by atoms with van der Waals surface area (Å²) in [5, 5.41) is 4.27. The minimum Gasteiger partial charge on any atom is -0.467 e. The lowest BCUT2D eigenvalue weighted by molar-refractivity contribution is -0.131. The fourth-order valence-electron chi connectivity index (χ4n) is 5.14. The van der Waals surface area contributed by atoms with Crippen molar-refractivity contribution in [3.8, 4) is 0 Å². The van der Waals surface area contributed by atoms with Crippen LogP contribution in [0.15, 0.2) is 71.3 Å². The van der Waals surface area contributed by atoms with Crippen LogP contribution < -0.4 is 5.32 Å². The van der Waals surface area contributed by atoms with Crippen LogP contribution in [0.3, 0.4) is 0 Å². The molecular formula is C29H31N3O3. The number of furan rings is 1. The van der Waals surface area contributed by atoms with Crippen LogP contribution in [0.5, 0.6) is 0 Å². The second kappa shape index (κ2) is 9.82. The highest BCUT2D eigenvalue weighted by molar-refractivity contribution is 5.89. The number of nitrogens with one attached hydrogen (secondary N) is 1. The zero-order valence-corrected chi connectivity index (χ0v) is 20.3. The van der Waals surface area contributed by atoms with E-state index in [0.717, 1.165) is 35.1 Å². The maximum atomic E-state index is 13.1. The fourth-order valence-corrected chi connectivity index (χ4v) is 5.14. The van der Waals surface area contributed by atoms with Crippen molar-refractivity contribution in [1.29, 1.82) is 0 Å². The van der Waals surface area contributed by atoms with Crippen molar-refractivity contribution in [3.63, 3.8) is 0 Å². The van der Waals surface area contributed by atoms with Crippen LogP contribution in [0, 0.1) is 12.8 Å². The van der Waals surface area contributed by atoms with E-state index < -0.39 is 0 Å². The number of nitrogens with zero attached hydrogens (tertiary/aromatic N) is 2. The van der Waals surface area contributed by atoms with Gasteiger partial charge in [0.1, 0.15) is 12.3 Å². The average Bonchev–Trinajstić information content (AvgIpc) is 3.49. The Morgan fingerprint density at radius 3 is 2.77 bits per heavy atom. The molecule has 1 aliphatic rings. The Balaban J connectivity index is 1.32. The van der Waals surface area contributed by atoms with E-state index in [0.29, 0.717) is 19.5 Å². The van der Waals surface area contributed by atoms with Gasteiger partial charge in [0.25, 0.3) is 0 Å². The second-order valence-electron chi connectivity index (χ2n) is 9.50. The van der Waals surface area contributed by atoms with E-state index >= 15 is 0 Å². The number of likely N-dealkylation sites (N-methyl/N-ethyl adjacent to an activating group) is 1. The van der Waals surface area contributed by atoms with Gasteiger partial charge in [0.05, 0.1) is 12.8 Å². The first-order valence-electron chi connectivity index (χ1n) is 12.2. The molecule has 0 saturated carbocycles. The summed E-state index contributed by atoms with van der Waals surface area (Å²) in [6, 6.07) is 20.1. The molecule has 0 radical (unpaired) electrons. The van der Waals surface area contributed by atoms with Crippen LogP contribution in [0.25, 0.3) is 10.9 Å². The number of benzene rings is 2. The largest absolute Gasteiger partial charge is 0.467 e. The maximum Gasteiger partial charge on any atom is 0.242 e. The number of para-hydroxylation sites is 1. The summed E-state index contributed by atoms with van der Waals surface area (Å²) in [5.41, 5.74) is 5.73. The molecule has 180 valence electrons. The van der Waals surface area contributed by atoms with Crippen molar-refractivity contribution in [2.75, 3.05) is 7.05 Å². The molecule has 35 heavy (non-hydrogen) atoms. The fraction of sp³-hybridized carbons (Fsp3) is 0.310. The minimum absolute atomic E-state index is 0.0305. The molecule has 2 aromatic heterocycles. The van der Waals surface area contributed by atoms with E-state index in [-0.39, 0.29) is 24.3 Å². The number of amides is 2. The molecule has 1 aliphatic carbocycles. The molecule has 1 N–H and O–H groups in total. The highest BCUT2D eigenvalue weighted by Gasteiger charge is 2.30. The molecule has 6 heteroatoms. The maximum absolute atomic E-state index is 13.1. The molecule has 2 aromatic carbocycles. The van der Waals surface area contributed by atoms with Gasteiger partial charge in [0.2, 0.25) is 11.8 Å². The van der Waals surface area contributed by atoms with Crippen molar-refractivity contribution < 1.29 is 14.0 Å².